The van der Waals surface area contributed by atoms with Crippen LogP contribution in [0.3, 0.4) is 0 Å². The Morgan fingerprint density at radius 3 is 2.57 bits per heavy atom. The molecule has 0 aliphatic rings. The summed E-state index contributed by atoms with van der Waals surface area (Å²) in [5.41, 5.74) is 2.36. The fourth-order valence-corrected chi connectivity index (χ4v) is 2.63. The van der Waals surface area contributed by atoms with Crippen LogP contribution in [0, 0.1) is 0 Å². The lowest BCUT2D eigenvalue weighted by Gasteiger charge is -2.09. The molecule has 4 aromatic rings. The first-order chi connectivity index (χ1) is 10.3. The van der Waals surface area contributed by atoms with Crippen LogP contribution in [-0.2, 0) is 0 Å². The number of hydrogen-bond acceptors (Lipinski definition) is 2. The topological polar surface area (TPSA) is 37.5 Å². The Morgan fingerprint density at radius 1 is 0.905 bits per heavy atom. The van der Waals surface area contributed by atoms with Crippen molar-refractivity contribution >= 4 is 16.4 Å². The summed E-state index contributed by atoms with van der Waals surface area (Å²) in [5, 5.41) is 12.9. The van der Waals surface area contributed by atoms with Gasteiger partial charge in [-0.25, -0.2) is 4.98 Å². The summed E-state index contributed by atoms with van der Waals surface area (Å²) in [6.45, 7) is 0. The number of aliphatic hydroxyl groups is 1. The predicted octanol–water partition coefficient (Wildman–Crippen LogP) is 3.57. The Hall–Kier alpha value is -2.65. The van der Waals surface area contributed by atoms with Crippen molar-refractivity contribution in [3.63, 3.8) is 0 Å². The highest BCUT2D eigenvalue weighted by Gasteiger charge is 2.14. The lowest BCUT2D eigenvalue weighted by Crippen LogP contribution is -1.99. The average Bonchev–Trinajstić information content (AvgIpc) is 2.97. The fourth-order valence-electron chi connectivity index (χ4n) is 2.63. The summed E-state index contributed by atoms with van der Waals surface area (Å²) < 4.78 is 1.92. The lowest BCUT2D eigenvalue weighted by atomic mass is 10.0. The van der Waals surface area contributed by atoms with Gasteiger partial charge in [-0.3, -0.25) is 0 Å². The van der Waals surface area contributed by atoms with Crippen LogP contribution in [0.5, 0.6) is 0 Å². The molecule has 0 aliphatic carbocycles. The molecular weight excluding hydrogens is 260 g/mol. The molecule has 21 heavy (non-hydrogen) atoms. The molecular formula is C18H14N2O. The molecule has 0 amide bonds. The molecule has 1 unspecified atom stereocenters. The molecule has 2 heterocycles. The first-order valence-electron chi connectivity index (χ1n) is 6.92. The monoisotopic (exact) mass is 274 g/mol. The Bertz CT molecular complexity index is 893. The lowest BCUT2D eigenvalue weighted by molar-refractivity contribution is 0.216. The number of hydrogen-bond donors (Lipinski definition) is 1. The van der Waals surface area contributed by atoms with Crippen LogP contribution in [-0.4, -0.2) is 14.5 Å². The van der Waals surface area contributed by atoms with E-state index in [4.69, 9.17) is 0 Å². The van der Waals surface area contributed by atoms with Crippen molar-refractivity contribution in [3.8, 4) is 0 Å². The summed E-state index contributed by atoms with van der Waals surface area (Å²) in [6.07, 6.45) is 3.09. The van der Waals surface area contributed by atoms with Gasteiger partial charge in [0.25, 0.3) is 0 Å². The van der Waals surface area contributed by atoms with Gasteiger partial charge in [-0.15, -0.1) is 0 Å². The Balaban J connectivity index is 1.79. The zero-order valence-corrected chi connectivity index (χ0v) is 11.3. The van der Waals surface area contributed by atoms with E-state index in [9.17, 15) is 5.11 Å². The quantitative estimate of drug-likeness (QED) is 0.607. The number of imidazole rings is 1. The van der Waals surface area contributed by atoms with Gasteiger partial charge in [0.1, 0.15) is 11.8 Å². The number of fused-ring (bicyclic) bond motifs is 2. The summed E-state index contributed by atoms with van der Waals surface area (Å²) in [6, 6.07) is 20.0. The van der Waals surface area contributed by atoms with Crippen molar-refractivity contribution in [2.75, 3.05) is 0 Å². The van der Waals surface area contributed by atoms with Crippen molar-refractivity contribution in [3.05, 3.63) is 84.3 Å². The number of benzene rings is 2. The van der Waals surface area contributed by atoms with Crippen LogP contribution in [0.2, 0.25) is 0 Å². The second-order valence-corrected chi connectivity index (χ2v) is 5.14. The second kappa shape index (κ2) is 4.72. The molecule has 102 valence electrons. The standard InChI is InChI=1S/C18H14N2O/c21-18(16-12-20-10-4-3-7-17(20)19-16)15-9-8-13-5-1-2-6-14(13)11-15/h1-12,18,21H. The van der Waals surface area contributed by atoms with Gasteiger partial charge >= 0.3 is 0 Å². The van der Waals surface area contributed by atoms with E-state index in [-0.39, 0.29) is 0 Å². The van der Waals surface area contributed by atoms with Gasteiger partial charge in [0.15, 0.2) is 0 Å². The van der Waals surface area contributed by atoms with Crippen molar-refractivity contribution in [2.24, 2.45) is 0 Å². The fraction of sp³-hybridized carbons (Fsp3) is 0.0556. The van der Waals surface area contributed by atoms with E-state index in [1.807, 2.05) is 65.3 Å². The van der Waals surface area contributed by atoms with E-state index in [1.54, 1.807) is 0 Å². The van der Waals surface area contributed by atoms with Crippen LogP contribution in [0.15, 0.2) is 73.1 Å². The smallest absolute Gasteiger partial charge is 0.137 e. The minimum Gasteiger partial charge on any atom is -0.382 e. The van der Waals surface area contributed by atoms with Gasteiger partial charge in [-0.1, -0.05) is 42.5 Å². The molecule has 3 nitrogen and oxygen atoms in total. The third-order valence-corrected chi connectivity index (χ3v) is 3.75. The van der Waals surface area contributed by atoms with Crippen LogP contribution in [0.4, 0.5) is 0 Å². The zero-order valence-electron chi connectivity index (χ0n) is 11.3. The van der Waals surface area contributed by atoms with Gasteiger partial charge in [-0.05, 0) is 34.5 Å². The van der Waals surface area contributed by atoms with Crippen molar-refractivity contribution in [1.82, 2.24) is 9.38 Å². The highest BCUT2D eigenvalue weighted by atomic mass is 16.3. The molecule has 0 saturated carbocycles. The average molecular weight is 274 g/mol. The number of aliphatic hydroxyl groups excluding tert-OH is 1. The van der Waals surface area contributed by atoms with Crippen molar-refractivity contribution in [1.29, 1.82) is 0 Å². The predicted molar refractivity (Wildman–Crippen MR) is 83.2 cm³/mol. The minimum absolute atomic E-state index is 0.663. The third-order valence-electron chi connectivity index (χ3n) is 3.75. The SMILES string of the molecule is OC(c1ccc2ccccc2c1)c1cn2ccccc2n1. The van der Waals surface area contributed by atoms with E-state index < -0.39 is 6.10 Å². The van der Waals surface area contributed by atoms with Crippen LogP contribution in [0.25, 0.3) is 16.4 Å². The molecule has 1 atom stereocenters. The first kappa shape index (κ1) is 12.1. The van der Waals surface area contributed by atoms with Crippen LogP contribution in [0.1, 0.15) is 17.4 Å². The third kappa shape index (κ3) is 2.08. The van der Waals surface area contributed by atoms with Gasteiger partial charge in [-0.2, -0.15) is 0 Å². The number of rotatable bonds is 2. The minimum atomic E-state index is -0.713. The van der Waals surface area contributed by atoms with E-state index in [0.29, 0.717) is 5.69 Å². The van der Waals surface area contributed by atoms with E-state index in [0.717, 1.165) is 16.6 Å². The number of pyridine rings is 1. The molecule has 3 heteroatoms. The van der Waals surface area contributed by atoms with Crippen LogP contribution >= 0.6 is 0 Å². The molecule has 2 aromatic carbocycles. The largest absolute Gasteiger partial charge is 0.382 e. The van der Waals surface area contributed by atoms with E-state index >= 15 is 0 Å². The Labute approximate surface area is 122 Å². The van der Waals surface area contributed by atoms with Crippen molar-refractivity contribution in [2.45, 2.75) is 6.10 Å². The zero-order chi connectivity index (χ0) is 14.2. The normalized spacial score (nSPS) is 12.8. The molecule has 0 radical (unpaired) electrons. The summed E-state index contributed by atoms with van der Waals surface area (Å²) in [5.74, 6) is 0. The summed E-state index contributed by atoms with van der Waals surface area (Å²) in [4.78, 5) is 4.48. The Kier molecular flexibility index (Phi) is 2.72. The molecule has 2 aromatic heterocycles. The number of aromatic nitrogens is 2. The van der Waals surface area contributed by atoms with Gasteiger partial charge in [0.2, 0.25) is 0 Å². The molecule has 0 aliphatic heterocycles. The maximum Gasteiger partial charge on any atom is 0.137 e. The second-order valence-electron chi connectivity index (χ2n) is 5.14. The summed E-state index contributed by atoms with van der Waals surface area (Å²) >= 11 is 0. The van der Waals surface area contributed by atoms with Crippen molar-refractivity contribution < 1.29 is 5.11 Å². The van der Waals surface area contributed by atoms with E-state index in [1.165, 1.54) is 5.39 Å². The van der Waals surface area contributed by atoms with Gasteiger partial charge in [0.05, 0.1) is 5.69 Å². The molecule has 0 spiro atoms. The van der Waals surface area contributed by atoms with E-state index in [2.05, 4.69) is 17.1 Å². The van der Waals surface area contributed by atoms with Gasteiger partial charge < -0.3 is 9.51 Å². The maximum atomic E-state index is 10.6. The highest BCUT2D eigenvalue weighted by Crippen LogP contribution is 2.25. The first-order valence-corrected chi connectivity index (χ1v) is 6.92. The van der Waals surface area contributed by atoms with Gasteiger partial charge in [0, 0.05) is 12.4 Å². The molecule has 4 rings (SSSR count). The van der Waals surface area contributed by atoms with Crippen LogP contribution < -0.4 is 0 Å². The highest BCUT2D eigenvalue weighted by molar-refractivity contribution is 5.83. The molecule has 0 saturated heterocycles. The Morgan fingerprint density at radius 2 is 1.71 bits per heavy atom. The molecule has 1 N–H and O–H groups in total. The maximum absolute atomic E-state index is 10.6. The molecule has 0 fully saturated rings. The molecule has 0 bridgehead atoms. The number of nitrogens with zero attached hydrogens (tertiary/aromatic N) is 2. The summed E-state index contributed by atoms with van der Waals surface area (Å²) in [7, 11) is 0.